The number of esters is 1. The molecule has 0 unspecified atom stereocenters. The summed E-state index contributed by atoms with van der Waals surface area (Å²) in [7, 11) is -3.95. The topological polar surface area (TPSA) is 153 Å². The van der Waals surface area contributed by atoms with Crippen LogP contribution < -0.4 is 10.0 Å². The number of fused-ring (bicyclic) bond motifs is 2. The SMILES string of the molecule is Cc1ccnc(NS(=O)(=O)c2ccc(NC(=O)COC(=O)c3cccc4cccc(-c5nc6ccccc6o5)c34)cc2)n1. The van der Waals surface area contributed by atoms with Crippen molar-refractivity contribution in [2.45, 2.75) is 11.8 Å². The molecule has 214 valence electrons. The summed E-state index contributed by atoms with van der Waals surface area (Å²) in [6.45, 7) is 1.15. The Labute approximate surface area is 245 Å². The molecule has 0 bridgehead atoms. The number of hydrogen-bond donors (Lipinski definition) is 2. The lowest BCUT2D eigenvalue weighted by Gasteiger charge is -2.11. The van der Waals surface area contributed by atoms with Crippen molar-refractivity contribution in [3.63, 3.8) is 0 Å². The van der Waals surface area contributed by atoms with Gasteiger partial charge in [-0.05, 0) is 66.9 Å². The van der Waals surface area contributed by atoms with Crippen LogP contribution in [0.25, 0.3) is 33.3 Å². The Morgan fingerprint density at radius 3 is 2.42 bits per heavy atom. The van der Waals surface area contributed by atoms with Gasteiger partial charge in [0.1, 0.15) is 5.52 Å². The van der Waals surface area contributed by atoms with Gasteiger partial charge in [-0.1, -0.05) is 36.4 Å². The second-order valence-electron chi connectivity index (χ2n) is 9.47. The van der Waals surface area contributed by atoms with Crippen LogP contribution in [-0.4, -0.2) is 41.9 Å². The second kappa shape index (κ2) is 11.3. The Bertz CT molecular complexity index is 2070. The first-order valence-electron chi connectivity index (χ1n) is 13.0. The van der Waals surface area contributed by atoms with Crippen LogP contribution in [0, 0.1) is 6.92 Å². The number of benzene rings is 4. The molecule has 4 aromatic carbocycles. The van der Waals surface area contributed by atoms with E-state index in [1.807, 2.05) is 48.5 Å². The van der Waals surface area contributed by atoms with E-state index in [9.17, 15) is 18.0 Å². The summed E-state index contributed by atoms with van der Waals surface area (Å²) in [5, 5.41) is 3.95. The number of nitrogens with zero attached hydrogens (tertiary/aromatic N) is 3. The predicted octanol–water partition coefficient (Wildman–Crippen LogP) is 5.34. The summed E-state index contributed by atoms with van der Waals surface area (Å²) in [4.78, 5) is 38.2. The number of sulfonamides is 1. The largest absolute Gasteiger partial charge is 0.452 e. The standard InChI is InChI=1S/C31H23N5O6S/c1-19-16-17-32-31(33-19)36-43(39,40)22-14-12-21(13-15-22)34-27(37)18-41-30(38)24-9-5-7-20-6-4-8-23(28(20)24)29-35-25-10-2-3-11-26(25)42-29/h2-17H,18H2,1H3,(H,34,37)(H,32,33,36). The minimum absolute atomic E-state index is 0.0484. The lowest BCUT2D eigenvalue weighted by molar-refractivity contribution is -0.119. The normalized spacial score (nSPS) is 11.4. The summed E-state index contributed by atoms with van der Waals surface area (Å²) < 4.78 is 38.9. The number of carbonyl (C=O) groups excluding carboxylic acids is 2. The molecule has 1 amide bonds. The number of nitrogens with one attached hydrogen (secondary N) is 2. The van der Waals surface area contributed by atoms with Crippen LogP contribution in [0.2, 0.25) is 0 Å². The van der Waals surface area contributed by atoms with Crippen LogP contribution in [0.4, 0.5) is 11.6 Å². The summed E-state index contributed by atoms with van der Waals surface area (Å²) in [5.74, 6) is -0.993. The molecule has 11 nitrogen and oxygen atoms in total. The monoisotopic (exact) mass is 593 g/mol. The van der Waals surface area contributed by atoms with E-state index >= 15 is 0 Å². The average molecular weight is 594 g/mol. The molecule has 43 heavy (non-hydrogen) atoms. The van der Waals surface area contributed by atoms with Gasteiger partial charge in [0.05, 0.1) is 10.5 Å². The first-order valence-corrected chi connectivity index (χ1v) is 14.5. The van der Waals surface area contributed by atoms with Crippen molar-refractivity contribution in [1.29, 1.82) is 0 Å². The quantitative estimate of drug-likeness (QED) is 0.223. The maximum absolute atomic E-state index is 13.2. The van der Waals surface area contributed by atoms with Crippen LogP contribution in [-0.2, 0) is 19.6 Å². The molecule has 2 heterocycles. The van der Waals surface area contributed by atoms with Crippen molar-refractivity contribution >= 4 is 55.4 Å². The molecule has 0 aliphatic carbocycles. The zero-order valence-electron chi connectivity index (χ0n) is 22.6. The first-order chi connectivity index (χ1) is 20.8. The third-order valence-electron chi connectivity index (χ3n) is 6.45. The van der Waals surface area contributed by atoms with Gasteiger partial charge in [0.25, 0.3) is 15.9 Å². The molecule has 0 fully saturated rings. The fraction of sp³-hybridized carbons (Fsp3) is 0.0645. The van der Waals surface area contributed by atoms with Gasteiger partial charge in [-0.3, -0.25) is 4.79 Å². The zero-order chi connectivity index (χ0) is 30.0. The van der Waals surface area contributed by atoms with Crippen LogP contribution in [0.5, 0.6) is 0 Å². The number of anilines is 2. The number of ether oxygens (including phenoxy) is 1. The van der Waals surface area contributed by atoms with Crippen molar-refractivity contribution < 1.29 is 27.2 Å². The number of hydrogen-bond acceptors (Lipinski definition) is 9. The van der Waals surface area contributed by atoms with Crippen molar-refractivity contribution in [2.24, 2.45) is 0 Å². The summed E-state index contributed by atoms with van der Waals surface area (Å²) >= 11 is 0. The van der Waals surface area contributed by atoms with E-state index in [0.29, 0.717) is 39.3 Å². The minimum Gasteiger partial charge on any atom is -0.452 e. The number of oxazole rings is 1. The van der Waals surface area contributed by atoms with Gasteiger partial charge < -0.3 is 14.5 Å². The lowest BCUT2D eigenvalue weighted by Crippen LogP contribution is -2.21. The maximum atomic E-state index is 13.2. The maximum Gasteiger partial charge on any atom is 0.339 e. The fourth-order valence-electron chi connectivity index (χ4n) is 4.48. The molecule has 0 radical (unpaired) electrons. The van der Waals surface area contributed by atoms with Crippen molar-refractivity contribution in [2.75, 3.05) is 16.6 Å². The highest BCUT2D eigenvalue weighted by Crippen LogP contribution is 2.33. The Kier molecular flexibility index (Phi) is 7.26. The molecule has 0 aliphatic heterocycles. The molecule has 0 saturated heterocycles. The molecule has 0 atom stereocenters. The Morgan fingerprint density at radius 1 is 0.884 bits per heavy atom. The summed E-state index contributed by atoms with van der Waals surface area (Å²) in [6.07, 6.45) is 1.45. The van der Waals surface area contributed by atoms with Gasteiger partial charge in [0.2, 0.25) is 11.8 Å². The highest BCUT2D eigenvalue weighted by Gasteiger charge is 2.20. The van der Waals surface area contributed by atoms with Gasteiger partial charge in [-0.2, -0.15) is 0 Å². The summed E-state index contributed by atoms with van der Waals surface area (Å²) in [5.41, 5.74) is 3.10. The first kappa shape index (κ1) is 27.5. The molecule has 0 aliphatic rings. The van der Waals surface area contributed by atoms with Gasteiger partial charge in [0, 0.05) is 28.5 Å². The fourth-order valence-corrected chi connectivity index (χ4v) is 5.43. The predicted molar refractivity (Wildman–Crippen MR) is 160 cm³/mol. The van der Waals surface area contributed by atoms with Gasteiger partial charge in [-0.15, -0.1) is 0 Å². The number of aromatic nitrogens is 3. The van der Waals surface area contributed by atoms with Crippen LogP contribution in [0.1, 0.15) is 16.1 Å². The summed E-state index contributed by atoms with van der Waals surface area (Å²) in [6, 6.07) is 25.2. The van der Waals surface area contributed by atoms with Crippen molar-refractivity contribution in [1.82, 2.24) is 15.0 Å². The van der Waals surface area contributed by atoms with E-state index < -0.39 is 28.5 Å². The molecule has 6 rings (SSSR count). The van der Waals surface area contributed by atoms with E-state index in [0.717, 1.165) is 5.39 Å². The zero-order valence-corrected chi connectivity index (χ0v) is 23.5. The van der Waals surface area contributed by atoms with E-state index in [2.05, 4.69) is 25.0 Å². The highest BCUT2D eigenvalue weighted by atomic mass is 32.2. The van der Waals surface area contributed by atoms with Crippen LogP contribution in [0.3, 0.4) is 0 Å². The third kappa shape index (κ3) is 5.90. The van der Waals surface area contributed by atoms with Gasteiger partial charge in [-0.25, -0.2) is 32.9 Å². The molecular weight excluding hydrogens is 570 g/mol. The lowest BCUT2D eigenvalue weighted by atomic mass is 9.99. The number of rotatable bonds is 8. The Morgan fingerprint density at radius 2 is 1.65 bits per heavy atom. The average Bonchev–Trinajstić information content (AvgIpc) is 3.44. The number of amides is 1. The number of aryl methyl sites for hydroxylation is 1. The van der Waals surface area contributed by atoms with Crippen molar-refractivity contribution in [3.05, 3.63) is 108 Å². The third-order valence-corrected chi connectivity index (χ3v) is 7.80. The minimum atomic E-state index is -3.95. The molecule has 2 N–H and O–H groups in total. The Hall–Kier alpha value is -5.62. The molecule has 12 heteroatoms. The van der Waals surface area contributed by atoms with Crippen LogP contribution in [0.15, 0.2) is 107 Å². The van der Waals surface area contributed by atoms with E-state index in [4.69, 9.17) is 9.15 Å². The second-order valence-corrected chi connectivity index (χ2v) is 11.2. The van der Waals surface area contributed by atoms with Gasteiger partial charge in [0.15, 0.2) is 12.2 Å². The highest BCUT2D eigenvalue weighted by molar-refractivity contribution is 7.92. The Balaban J connectivity index is 1.14. The molecular formula is C31H23N5O6S. The molecule has 6 aromatic rings. The van der Waals surface area contributed by atoms with Gasteiger partial charge >= 0.3 is 5.97 Å². The smallest absolute Gasteiger partial charge is 0.339 e. The van der Waals surface area contributed by atoms with E-state index in [-0.39, 0.29) is 16.4 Å². The van der Waals surface area contributed by atoms with E-state index in [1.54, 1.807) is 25.1 Å². The molecule has 0 spiro atoms. The number of para-hydroxylation sites is 2. The molecule has 0 saturated carbocycles. The van der Waals surface area contributed by atoms with Crippen LogP contribution >= 0.6 is 0 Å². The van der Waals surface area contributed by atoms with Crippen molar-refractivity contribution in [3.8, 4) is 11.5 Å². The van der Waals surface area contributed by atoms with E-state index in [1.165, 1.54) is 30.5 Å². The molecule has 2 aromatic heterocycles. The number of carbonyl (C=O) groups is 2.